The Hall–Kier alpha value is 0.0200. The number of hydrogen-bond donors (Lipinski definition) is 0. The third kappa shape index (κ3) is 5.05. The lowest BCUT2D eigenvalue weighted by Crippen LogP contribution is -2.49. The summed E-state index contributed by atoms with van der Waals surface area (Å²) in [6, 6.07) is 0. The van der Waals surface area contributed by atoms with Gasteiger partial charge in [0.05, 0.1) is 5.78 Å². The number of likely N-dealkylation sites (N-methyl/N-ethyl adjacent to an activating group) is 1. The molecule has 3 nitrogen and oxygen atoms in total. The summed E-state index contributed by atoms with van der Waals surface area (Å²) in [6.07, 6.45) is 0.639. The van der Waals surface area contributed by atoms with Gasteiger partial charge in [0.15, 0.2) is 5.78 Å². The van der Waals surface area contributed by atoms with E-state index < -0.39 is 0 Å². The second-order valence-electron chi connectivity index (χ2n) is 3.60. The number of rotatable bonds is 3. The highest BCUT2D eigenvalue weighted by Gasteiger charge is 2.22. The molecule has 0 aromatic heterocycles. The summed E-state index contributed by atoms with van der Waals surface area (Å²) in [7, 11) is 4.78. The predicted octanol–water partition coefficient (Wildman–Crippen LogP) is 1.44. The number of piperazine rings is 1. The molecular weight excluding hydrogens is 207 g/mol. The van der Waals surface area contributed by atoms with Gasteiger partial charge in [0.25, 0.3) is 0 Å². The summed E-state index contributed by atoms with van der Waals surface area (Å²) in [5, 5.41) is 0. The largest absolute Gasteiger partial charge is 0.304 e. The zero-order valence-electron chi connectivity index (χ0n) is 10.5. The van der Waals surface area contributed by atoms with Gasteiger partial charge in [-0.25, -0.2) is 0 Å². The Kier molecular flexibility index (Phi) is 8.22. The number of nitrogens with zero attached hydrogens (tertiary/aromatic N) is 2. The molecule has 1 saturated heterocycles. The molecule has 15 heavy (non-hydrogen) atoms. The van der Waals surface area contributed by atoms with Crippen molar-refractivity contribution >= 4 is 15.0 Å². The van der Waals surface area contributed by atoms with Gasteiger partial charge in [-0.1, -0.05) is 20.8 Å². The fourth-order valence-corrected chi connectivity index (χ4v) is 2.05. The van der Waals surface area contributed by atoms with E-state index in [0.717, 1.165) is 26.2 Å². The molecule has 0 bridgehead atoms. The van der Waals surface area contributed by atoms with Gasteiger partial charge in [-0.15, -0.1) is 9.24 Å². The van der Waals surface area contributed by atoms with Crippen LogP contribution in [0.4, 0.5) is 0 Å². The molecule has 0 spiro atoms. The average molecular weight is 232 g/mol. The van der Waals surface area contributed by atoms with E-state index in [2.05, 4.69) is 26.1 Å². The highest BCUT2D eigenvalue weighted by atomic mass is 31.0. The Labute approximate surface area is 96.4 Å². The van der Waals surface area contributed by atoms with E-state index in [1.54, 1.807) is 0 Å². The molecule has 2 atom stereocenters. The molecule has 1 aliphatic heterocycles. The maximum absolute atomic E-state index is 11.4. The number of Topliss-reactive ketones (excluding diaryl/α,β-unsaturated/α-hetero) is 1. The third-order valence-electron chi connectivity index (χ3n) is 2.61. The summed E-state index contributed by atoms with van der Waals surface area (Å²) in [5.41, 5.74) is 0. The van der Waals surface area contributed by atoms with Gasteiger partial charge in [0.1, 0.15) is 0 Å². The topological polar surface area (TPSA) is 23.6 Å². The van der Waals surface area contributed by atoms with Crippen LogP contribution in [0.15, 0.2) is 0 Å². The summed E-state index contributed by atoms with van der Waals surface area (Å²) >= 11 is 0. The van der Waals surface area contributed by atoms with Crippen LogP contribution in [0.2, 0.25) is 0 Å². The number of ketones is 1. The molecule has 0 aliphatic carbocycles. The zero-order chi connectivity index (χ0) is 11.8. The number of carbonyl (C=O) groups is 1. The first kappa shape index (κ1) is 15.0. The lowest BCUT2D eigenvalue weighted by atomic mass is 10.2. The van der Waals surface area contributed by atoms with Crippen LogP contribution in [0, 0.1) is 0 Å². The standard InChI is InChI=1S/C9H19N2OP.C2H6/c1-3-8(12)9(13)11-6-4-10(2)5-7-11;1-2/h9H,3-7,13H2,1-2H3;1-2H3. The Morgan fingerprint density at radius 3 is 2.13 bits per heavy atom. The Balaban J connectivity index is 0.000000921. The van der Waals surface area contributed by atoms with Gasteiger partial charge < -0.3 is 4.90 Å². The van der Waals surface area contributed by atoms with Crippen LogP contribution in [0.25, 0.3) is 0 Å². The molecule has 90 valence electrons. The van der Waals surface area contributed by atoms with Crippen LogP contribution in [0.3, 0.4) is 0 Å². The first-order chi connectivity index (χ1) is 7.15. The lowest BCUT2D eigenvalue weighted by Gasteiger charge is -2.35. The second kappa shape index (κ2) is 8.20. The van der Waals surface area contributed by atoms with Crippen molar-refractivity contribution in [3.63, 3.8) is 0 Å². The van der Waals surface area contributed by atoms with Crippen LogP contribution in [-0.4, -0.2) is 54.6 Å². The van der Waals surface area contributed by atoms with E-state index in [-0.39, 0.29) is 5.78 Å². The van der Waals surface area contributed by atoms with Crippen molar-refractivity contribution in [1.29, 1.82) is 0 Å². The number of hydrogen-bond acceptors (Lipinski definition) is 3. The van der Waals surface area contributed by atoms with Gasteiger partial charge in [0, 0.05) is 32.6 Å². The van der Waals surface area contributed by atoms with Gasteiger partial charge in [-0.2, -0.15) is 0 Å². The molecule has 1 rings (SSSR count). The van der Waals surface area contributed by atoms with Gasteiger partial charge in [-0.3, -0.25) is 9.69 Å². The number of carbonyl (C=O) groups excluding carboxylic acids is 1. The minimum absolute atomic E-state index is 0.0405. The van der Waals surface area contributed by atoms with Crippen molar-refractivity contribution in [2.45, 2.75) is 33.0 Å². The van der Waals surface area contributed by atoms with Gasteiger partial charge >= 0.3 is 0 Å². The van der Waals surface area contributed by atoms with E-state index in [0.29, 0.717) is 12.2 Å². The smallest absolute Gasteiger partial charge is 0.153 e. The highest BCUT2D eigenvalue weighted by molar-refractivity contribution is 7.19. The molecule has 0 aromatic rings. The predicted molar refractivity (Wildman–Crippen MR) is 69.2 cm³/mol. The minimum Gasteiger partial charge on any atom is -0.304 e. The molecule has 1 aliphatic rings. The van der Waals surface area contributed by atoms with Crippen molar-refractivity contribution in [3.8, 4) is 0 Å². The van der Waals surface area contributed by atoms with Crippen molar-refractivity contribution in [2.75, 3.05) is 33.2 Å². The molecule has 0 saturated carbocycles. The van der Waals surface area contributed by atoms with E-state index in [1.807, 2.05) is 20.8 Å². The molecule has 0 aromatic carbocycles. The van der Waals surface area contributed by atoms with E-state index in [1.165, 1.54) is 0 Å². The van der Waals surface area contributed by atoms with Crippen LogP contribution < -0.4 is 0 Å². The average Bonchev–Trinajstić information content (AvgIpc) is 2.31. The molecule has 1 heterocycles. The molecule has 2 unspecified atom stereocenters. The molecular formula is C11H25N2OP. The quantitative estimate of drug-likeness (QED) is 0.688. The molecule has 0 amide bonds. The van der Waals surface area contributed by atoms with Crippen LogP contribution in [0.5, 0.6) is 0 Å². The SMILES string of the molecule is CC.CCC(=O)C(P)N1CCN(C)CC1. The van der Waals surface area contributed by atoms with Crippen LogP contribution in [-0.2, 0) is 4.79 Å². The normalized spacial score (nSPS) is 20.3. The first-order valence-corrected chi connectivity index (χ1v) is 6.52. The molecule has 4 heteroatoms. The van der Waals surface area contributed by atoms with E-state index in [4.69, 9.17) is 0 Å². The van der Waals surface area contributed by atoms with Gasteiger partial charge in [0.2, 0.25) is 0 Å². The highest BCUT2D eigenvalue weighted by Crippen LogP contribution is 2.13. The fraction of sp³-hybridized carbons (Fsp3) is 0.909. The Morgan fingerprint density at radius 1 is 1.27 bits per heavy atom. The lowest BCUT2D eigenvalue weighted by molar-refractivity contribution is -0.121. The van der Waals surface area contributed by atoms with E-state index in [9.17, 15) is 4.79 Å². The maximum Gasteiger partial charge on any atom is 0.153 e. The fourth-order valence-electron chi connectivity index (χ4n) is 1.51. The second-order valence-corrected chi connectivity index (χ2v) is 4.24. The Morgan fingerprint density at radius 2 is 1.73 bits per heavy atom. The first-order valence-electron chi connectivity index (χ1n) is 5.86. The van der Waals surface area contributed by atoms with Gasteiger partial charge in [-0.05, 0) is 7.05 Å². The molecule has 0 radical (unpaired) electrons. The van der Waals surface area contributed by atoms with E-state index >= 15 is 0 Å². The third-order valence-corrected chi connectivity index (χ3v) is 3.40. The Bertz CT molecular complexity index is 179. The van der Waals surface area contributed by atoms with Crippen molar-refractivity contribution in [3.05, 3.63) is 0 Å². The zero-order valence-corrected chi connectivity index (χ0v) is 11.6. The summed E-state index contributed by atoms with van der Waals surface area (Å²) in [6.45, 7) is 10.1. The molecule has 0 N–H and O–H groups in total. The maximum atomic E-state index is 11.4. The summed E-state index contributed by atoms with van der Waals surface area (Å²) in [4.78, 5) is 16.0. The van der Waals surface area contributed by atoms with Crippen molar-refractivity contribution in [2.24, 2.45) is 0 Å². The van der Waals surface area contributed by atoms with Crippen molar-refractivity contribution in [1.82, 2.24) is 9.80 Å². The monoisotopic (exact) mass is 232 g/mol. The minimum atomic E-state index is 0.0405. The molecule has 1 fully saturated rings. The summed E-state index contributed by atoms with van der Waals surface area (Å²) < 4.78 is 0. The van der Waals surface area contributed by atoms with Crippen LogP contribution >= 0.6 is 9.24 Å². The summed E-state index contributed by atoms with van der Waals surface area (Å²) in [5.74, 6) is 0.369. The van der Waals surface area contributed by atoms with Crippen LogP contribution in [0.1, 0.15) is 27.2 Å². The van der Waals surface area contributed by atoms with Crippen molar-refractivity contribution < 1.29 is 4.79 Å².